The lowest BCUT2D eigenvalue weighted by Gasteiger charge is -2.26. The Bertz CT molecular complexity index is 892. The molecule has 1 amide bonds. The Hall–Kier alpha value is -2.26. The number of amides is 1. The van der Waals surface area contributed by atoms with Crippen LogP contribution in [0, 0.1) is 11.7 Å². The Labute approximate surface area is 173 Å². The molecule has 0 bridgehead atoms. The van der Waals surface area contributed by atoms with Gasteiger partial charge in [0.25, 0.3) is 5.91 Å². The maximum atomic E-state index is 12.3. The standard InChI is InChI=1S/C18H24ClN5O3S/c1-12-21-22-18(28)24(12)20-10-13-8-14(19)17(15(9-13)26-2)27-11-16(25)23-6-4-3-5-7-23/h8-9,20H,3-7,10-11H2,1-2H3,(H,22,28). The van der Waals surface area contributed by atoms with Crippen LogP contribution in [0.4, 0.5) is 0 Å². The van der Waals surface area contributed by atoms with Gasteiger partial charge in [-0.25, -0.2) is 4.68 Å². The van der Waals surface area contributed by atoms with Crippen LogP contribution in [-0.4, -0.2) is 52.5 Å². The van der Waals surface area contributed by atoms with E-state index >= 15 is 0 Å². The molecule has 2 aromatic rings. The number of aromatic amines is 1. The molecule has 1 aliphatic rings. The van der Waals surface area contributed by atoms with E-state index in [4.69, 9.17) is 33.3 Å². The molecule has 1 fully saturated rings. The lowest BCUT2D eigenvalue weighted by molar-refractivity contribution is -0.134. The molecule has 0 unspecified atom stereocenters. The Morgan fingerprint density at radius 1 is 1.36 bits per heavy atom. The third-order valence-corrected chi connectivity index (χ3v) is 5.17. The van der Waals surface area contributed by atoms with Gasteiger partial charge in [-0.1, -0.05) is 11.6 Å². The minimum Gasteiger partial charge on any atom is -0.493 e. The maximum Gasteiger partial charge on any atom is 0.260 e. The summed E-state index contributed by atoms with van der Waals surface area (Å²) in [4.78, 5) is 14.2. The van der Waals surface area contributed by atoms with E-state index in [1.807, 2.05) is 17.9 Å². The van der Waals surface area contributed by atoms with Crippen LogP contribution in [0.2, 0.25) is 5.02 Å². The highest BCUT2D eigenvalue weighted by Gasteiger charge is 2.19. The van der Waals surface area contributed by atoms with Gasteiger partial charge in [0.15, 0.2) is 18.1 Å². The van der Waals surface area contributed by atoms with Gasteiger partial charge in [0.2, 0.25) is 4.77 Å². The number of ether oxygens (including phenoxy) is 2. The molecule has 152 valence electrons. The average Bonchev–Trinajstić information content (AvgIpc) is 3.03. The third kappa shape index (κ3) is 4.77. The monoisotopic (exact) mass is 425 g/mol. The number of carbonyl (C=O) groups excluding carboxylic acids is 1. The van der Waals surface area contributed by atoms with E-state index in [-0.39, 0.29) is 12.5 Å². The minimum absolute atomic E-state index is 0.0339. The van der Waals surface area contributed by atoms with Gasteiger partial charge in [-0.2, -0.15) is 5.10 Å². The number of methoxy groups -OCH3 is 1. The van der Waals surface area contributed by atoms with Crippen molar-refractivity contribution in [3.8, 4) is 11.5 Å². The zero-order chi connectivity index (χ0) is 20.1. The molecule has 8 nitrogen and oxygen atoms in total. The minimum atomic E-state index is -0.0585. The first-order chi connectivity index (χ1) is 13.5. The van der Waals surface area contributed by atoms with Crippen molar-refractivity contribution in [1.29, 1.82) is 0 Å². The zero-order valence-corrected chi connectivity index (χ0v) is 17.5. The molecule has 3 rings (SSSR count). The number of nitrogens with one attached hydrogen (secondary N) is 2. The van der Waals surface area contributed by atoms with Crippen LogP contribution in [0.15, 0.2) is 12.1 Å². The van der Waals surface area contributed by atoms with Gasteiger partial charge in [0.05, 0.1) is 18.7 Å². The largest absolute Gasteiger partial charge is 0.493 e. The quantitative estimate of drug-likeness (QED) is 0.663. The summed E-state index contributed by atoms with van der Waals surface area (Å²) in [6.45, 7) is 3.80. The lowest BCUT2D eigenvalue weighted by atomic mass is 10.1. The van der Waals surface area contributed by atoms with Gasteiger partial charge in [0.1, 0.15) is 5.82 Å². The van der Waals surface area contributed by atoms with Gasteiger partial charge < -0.3 is 19.8 Å². The summed E-state index contributed by atoms with van der Waals surface area (Å²) < 4.78 is 13.3. The molecule has 1 aromatic carbocycles. The summed E-state index contributed by atoms with van der Waals surface area (Å²) in [5.41, 5.74) is 4.05. The van der Waals surface area contributed by atoms with Crippen molar-refractivity contribution in [1.82, 2.24) is 19.8 Å². The van der Waals surface area contributed by atoms with Gasteiger partial charge in [-0.3, -0.25) is 9.89 Å². The van der Waals surface area contributed by atoms with E-state index < -0.39 is 0 Å². The molecule has 1 aliphatic heterocycles. The van der Waals surface area contributed by atoms with Crippen LogP contribution < -0.4 is 14.9 Å². The van der Waals surface area contributed by atoms with Crippen LogP contribution in [-0.2, 0) is 11.3 Å². The second-order valence-corrected chi connectivity index (χ2v) is 7.38. The molecule has 0 spiro atoms. The molecule has 0 aliphatic carbocycles. The number of nitrogens with zero attached hydrogens (tertiary/aromatic N) is 3. The topological polar surface area (TPSA) is 84.4 Å². The normalized spacial score (nSPS) is 14.0. The Morgan fingerprint density at radius 3 is 2.75 bits per heavy atom. The number of hydrogen-bond donors (Lipinski definition) is 2. The number of aryl methyl sites for hydroxylation is 1. The van der Waals surface area contributed by atoms with Gasteiger partial charge in [-0.15, -0.1) is 0 Å². The summed E-state index contributed by atoms with van der Waals surface area (Å²) in [6, 6.07) is 3.59. The van der Waals surface area contributed by atoms with Crippen LogP contribution in [0.1, 0.15) is 30.7 Å². The summed E-state index contributed by atoms with van der Waals surface area (Å²) in [6.07, 6.45) is 3.25. The van der Waals surface area contributed by atoms with Crippen molar-refractivity contribution in [2.45, 2.75) is 32.7 Å². The number of H-pyrrole nitrogens is 1. The number of benzene rings is 1. The number of aromatic nitrogens is 3. The molecular weight excluding hydrogens is 402 g/mol. The highest BCUT2D eigenvalue weighted by atomic mass is 35.5. The highest BCUT2D eigenvalue weighted by Crippen LogP contribution is 2.36. The van der Waals surface area contributed by atoms with Gasteiger partial charge in [-0.05, 0) is 56.1 Å². The molecule has 1 aromatic heterocycles. The Balaban J connectivity index is 1.67. The fourth-order valence-corrected chi connectivity index (χ4v) is 3.65. The number of likely N-dealkylation sites (tertiary alicyclic amines) is 1. The average molecular weight is 426 g/mol. The summed E-state index contributed by atoms with van der Waals surface area (Å²) in [5, 5.41) is 7.15. The van der Waals surface area contributed by atoms with Crippen molar-refractivity contribution in [2.24, 2.45) is 0 Å². The predicted molar refractivity (Wildman–Crippen MR) is 109 cm³/mol. The SMILES string of the molecule is COc1cc(CNn2c(C)n[nH]c2=S)cc(Cl)c1OCC(=O)N1CCCCC1. The van der Waals surface area contributed by atoms with Crippen LogP contribution in [0.25, 0.3) is 0 Å². The first kappa shape index (κ1) is 20.5. The van der Waals surface area contributed by atoms with Gasteiger partial charge >= 0.3 is 0 Å². The molecule has 10 heteroatoms. The molecule has 28 heavy (non-hydrogen) atoms. The van der Waals surface area contributed by atoms with Crippen molar-refractivity contribution >= 4 is 29.7 Å². The fraction of sp³-hybridized carbons (Fsp3) is 0.500. The highest BCUT2D eigenvalue weighted by molar-refractivity contribution is 7.71. The van der Waals surface area contributed by atoms with Crippen molar-refractivity contribution in [3.63, 3.8) is 0 Å². The zero-order valence-electron chi connectivity index (χ0n) is 16.0. The van der Waals surface area contributed by atoms with Crippen molar-refractivity contribution in [3.05, 3.63) is 33.3 Å². The number of carbonyl (C=O) groups is 1. The molecule has 0 saturated carbocycles. The number of piperidine rings is 1. The molecule has 2 N–H and O–H groups in total. The molecule has 0 atom stereocenters. The Kier molecular flexibility index (Phi) is 6.79. The molecule has 2 heterocycles. The number of hydrogen-bond acceptors (Lipinski definition) is 6. The van der Waals surface area contributed by atoms with Crippen LogP contribution >= 0.6 is 23.8 Å². The molecular formula is C18H24ClN5O3S. The second kappa shape index (κ2) is 9.29. The van der Waals surface area contributed by atoms with Crippen molar-refractivity contribution < 1.29 is 14.3 Å². The lowest BCUT2D eigenvalue weighted by Crippen LogP contribution is -2.38. The van der Waals surface area contributed by atoms with Crippen LogP contribution in [0.3, 0.4) is 0 Å². The maximum absolute atomic E-state index is 12.3. The molecule has 0 radical (unpaired) electrons. The van der Waals surface area contributed by atoms with Crippen LogP contribution in [0.5, 0.6) is 11.5 Å². The smallest absolute Gasteiger partial charge is 0.260 e. The summed E-state index contributed by atoms with van der Waals surface area (Å²) in [5.74, 6) is 1.53. The third-order valence-electron chi connectivity index (χ3n) is 4.62. The Morgan fingerprint density at radius 2 is 2.11 bits per heavy atom. The van der Waals surface area contributed by atoms with E-state index in [0.717, 1.165) is 37.3 Å². The first-order valence-corrected chi connectivity index (χ1v) is 9.93. The number of halogens is 1. The molecule has 1 saturated heterocycles. The van der Waals surface area contributed by atoms with E-state index in [1.165, 1.54) is 6.42 Å². The van der Waals surface area contributed by atoms with Gasteiger partial charge in [0, 0.05) is 13.1 Å². The van der Waals surface area contributed by atoms with E-state index in [1.54, 1.807) is 17.9 Å². The summed E-state index contributed by atoms with van der Waals surface area (Å²) >= 11 is 11.6. The van der Waals surface area contributed by atoms with Crippen molar-refractivity contribution in [2.75, 3.05) is 32.2 Å². The summed E-state index contributed by atoms with van der Waals surface area (Å²) in [7, 11) is 1.54. The van der Waals surface area contributed by atoms with E-state index in [2.05, 4.69) is 15.6 Å². The van der Waals surface area contributed by atoms with E-state index in [9.17, 15) is 4.79 Å². The first-order valence-electron chi connectivity index (χ1n) is 9.14. The number of rotatable bonds is 7. The second-order valence-electron chi connectivity index (χ2n) is 6.59. The predicted octanol–water partition coefficient (Wildman–Crippen LogP) is 3.05. The fourth-order valence-electron chi connectivity index (χ4n) is 3.12. The van der Waals surface area contributed by atoms with E-state index in [0.29, 0.717) is 27.8 Å².